The van der Waals surface area contributed by atoms with Crippen LogP contribution in [0.15, 0.2) is 29.2 Å². The molecule has 0 heterocycles. The zero-order chi connectivity index (χ0) is 14.0. The van der Waals surface area contributed by atoms with Crippen molar-refractivity contribution in [3.63, 3.8) is 0 Å². The van der Waals surface area contributed by atoms with Crippen molar-refractivity contribution in [2.24, 2.45) is 5.92 Å². The molecule has 1 fully saturated rings. The molecule has 0 amide bonds. The highest BCUT2D eigenvalue weighted by atomic mass is 32.2. The van der Waals surface area contributed by atoms with Gasteiger partial charge < -0.3 is 5.11 Å². The quantitative estimate of drug-likeness (QED) is 0.875. The molecule has 0 aromatic heterocycles. The van der Waals surface area contributed by atoms with Crippen LogP contribution in [-0.2, 0) is 14.8 Å². The highest BCUT2D eigenvalue weighted by Gasteiger charge is 2.32. The smallest absolute Gasteiger partial charge is 0.306 e. The van der Waals surface area contributed by atoms with E-state index in [-0.39, 0.29) is 11.3 Å². The zero-order valence-electron chi connectivity index (χ0n) is 10.0. The second-order valence-corrected chi connectivity index (χ2v) is 6.34. The molecule has 0 aliphatic heterocycles. The van der Waals surface area contributed by atoms with Crippen LogP contribution in [0.3, 0.4) is 0 Å². The summed E-state index contributed by atoms with van der Waals surface area (Å²) in [6, 6.07) is 4.31. The fourth-order valence-corrected chi connectivity index (χ4v) is 3.55. The van der Waals surface area contributed by atoms with E-state index in [0.29, 0.717) is 12.8 Å². The van der Waals surface area contributed by atoms with Gasteiger partial charge in [-0.15, -0.1) is 0 Å². The summed E-state index contributed by atoms with van der Waals surface area (Å²) in [6.07, 6.45) is 1.20. The average Bonchev–Trinajstić information content (AvgIpc) is 2.77. The summed E-state index contributed by atoms with van der Waals surface area (Å²) in [7, 11) is -3.80. The maximum atomic E-state index is 13.0. The van der Waals surface area contributed by atoms with E-state index in [1.165, 1.54) is 12.1 Å². The van der Waals surface area contributed by atoms with Crippen molar-refractivity contribution >= 4 is 16.0 Å². The van der Waals surface area contributed by atoms with Crippen LogP contribution in [0.1, 0.15) is 19.3 Å². The number of halogens is 1. The number of carboxylic acid groups (broad SMARTS) is 1. The number of carboxylic acids is 1. The van der Waals surface area contributed by atoms with Crippen LogP contribution in [0.4, 0.5) is 4.39 Å². The van der Waals surface area contributed by atoms with Gasteiger partial charge in [-0.3, -0.25) is 4.79 Å². The summed E-state index contributed by atoms with van der Waals surface area (Å²) < 4.78 is 39.4. The van der Waals surface area contributed by atoms with Gasteiger partial charge in [-0.05, 0) is 37.5 Å². The predicted molar refractivity (Wildman–Crippen MR) is 65.5 cm³/mol. The van der Waals surface area contributed by atoms with Gasteiger partial charge in [0.2, 0.25) is 10.0 Å². The van der Waals surface area contributed by atoms with Gasteiger partial charge in [0, 0.05) is 6.04 Å². The first-order valence-corrected chi connectivity index (χ1v) is 7.37. The molecule has 1 saturated carbocycles. The van der Waals surface area contributed by atoms with Gasteiger partial charge in [-0.25, -0.2) is 17.5 Å². The summed E-state index contributed by atoms with van der Waals surface area (Å²) in [5, 5.41) is 8.86. The van der Waals surface area contributed by atoms with Crippen LogP contribution >= 0.6 is 0 Å². The van der Waals surface area contributed by atoms with Crippen molar-refractivity contribution in [2.45, 2.75) is 30.2 Å². The number of aliphatic carboxylic acids is 1. The molecule has 0 spiro atoms. The molecular weight excluding hydrogens is 273 g/mol. The molecular formula is C12H14FNO4S. The predicted octanol–water partition coefficient (Wildman–Crippen LogP) is 1.36. The van der Waals surface area contributed by atoms with Crippen molar-refractivity contribution in [1.29, 1.82) is 0 Å². The maximum absolute atomic E-state index is 13.0. The lowest BCUT2D eigenvalue weighted by Crippen LogP contribution is -2.33. The topological polar surface area (TPSA) is 83.5 Å². The molecule has 7 heteroatoms. The van der Waals surface area contributed by atoms with Gasteiger partial charge in [0.15, 0.2) is 0 Å². The second-order valence-electron chi connectivity index (χ2n) is 4.62. The number of sulfonamides is 1. The first-order chi connectivity index (χ1) is 8.88. The van der Waals surface area contributed by atoms with Gasteiger partial charge >= 0.3 is 5.97 Å². The van der Waals surface area contributed by atoms with E-state index in [1.807, 2.05) is 0 Å². The fraction of sp³-hybridized carbons (Fsp3) is 0.417. The number of carbonyl (C=O) groups is 1. The van der Waals surface area contributed by atoms with E-state index < -0.39 is 33.8 Å². The highest BCUT2D eigenvalue weighted by molar-refractivity contribution is 7.89. The van der Waals surface area contributed by atoms with Crippen LogP contribution in [0.2, 0.25) is 0 Å². The maximum Gasteiger partial charge on any atom is 0.306 e. The van der Waals surface area contributed by atoms with Gasteiger partial charge in [-0.1, -0.05) is 6.07 Å². The lowest BCUT2D eigenvalue weighted by atomic mass is 10.1. The summed E-state index contributed by atoms with van der Waals surface area (Å²) in [5.74, 6) is -2.05. The molecule has 1 aliphatic rings. The van der Waals surface area contributed by atoms with E-state index >= 15 is 0 Å². The number of hydrogen-bond acceptors (Lipinski definition) is 3. The van der Waals surface area contributed by atoms with Crippen LogP contribution in [0, 0.1) is 11.7 Å². The normalized spacial score (nSPS) is 23.4. The van der Waals surface area contributed by atoms with Gasteiger partial charge in [-0.2, -0.15) is 0 Å². The summed E-state index contributed by atoms with van der Waals surface area (Å²) in [6.45, 7) is 0. The van der Waals surface area contributed by atoms with Crippen LogP contribution in [0.25, 0.3) is 0 Å². The largest absolute Gasteiger partial charge is 0.481 e. The first kappa shape index (κ1) is 14.0. The molecule has 1 aromatic carbocycles. The minimum absolute atomic E-state index is 0.147. The van der Waals surface area contributed by atoms with Gasteiger partial charge in [0.05, 0.1) is 10.8 Å². The Morgan fingerprint density at radius 1 is 1.37 bits per heavy atom. The third-order valence-electron chi connectivity index (χ3n) is 3.21. The number of nitrogens with one attached hydrogen (secondary N) is 1. The third kappa shape index (κ3) is 3.30. The second kappa shape index (κ2) is 5.26. The Hall–Kier alpha value is -1.47. The molecule has 104 valence electrons. The average molecular weight is 287 g/mol. The Morgan fingerprint density at radius 2 is 2.11 bits per heavy atom. The number of rotatable bonds is 4. The summed E-state index contributed by atoms with van der Waals surface area (Å²) in [5.41, 5.74) is 0. The van der Waals surface area contributed by atoms with Crippen molar-refractivity contribution in [2.75, 3.05) is 0 Å². The fourth-order valence-electron chi connectivity index (χ4n) is 2.23. The van der Waals surface area contributed by atoms with Crippen LogP contribution in [-0.4, -0.2) is 25.5 Å². The van der Waals surface area contributed by atoms with E-state index in [1.54, 1.807) is 0 Å². The van der Waals surface area contributed by atoms with Gasteiger partial charge in [0.1, 0.15) is 5.82 Å². The molecule has 1 aliphatic carbocycles. The minimum atomic E-state index is -3.80. The Balaban J connectivity index is 2.09. The zero-order valence-corrected chi connectivity index (χ0v) is 10.9. The van der Waals surface area contributed by atoms with Crippen LogP contribution < -0.4 is 4.72 Å². The molecule has 5 nitrogen and oxygen atoms in total. The highest BCUT2D eigenvalue weighted by Crippen LogP contribution is 2.27. The minimum Gasteiger partial charge on any atom is -0.481 e. The van der Waals surface area contributed by atoms with Crippen molar-refractivity contribution in [1.82, 2.24) is 4.72 Å². The van der Waals surface area contributed by atoms with Crippen LogP contribution in [0.5, 0.6) is 0 Å². The summed E-state index contributed by atoms with van der Waals surface area (Å²) >= 11 is 0. The molecule has 19 heavy (non-hydrogen) atoms. The molecule has 2 rings (SSSR count). The molecule has 0 bridgehead atoms. The number of hydrogen-bond donors (Lipinski definition) is 2. The molecule has 1 aromatic rings. The lowest BCUT2D eigenvalue weighted by Gasteiger charge is -2.13. The third-order valence-corrected chi connectivity index (χ3v) is 4.73. The molecule has 2 N–H and O–H groups in total. The first-order valence-electron chi connectivity index (χ1n) is 5.89. The summed E-state index contributed by atoms with van der Waals surface area (Å²) in [4.78, 5) is 10.7. The number of benzene rings is 1. The Labute approximate surface area is 110 Å². The SMILES string of the molecule is O=C(O)C1CCC(NS(=O)(=O)c2cccc(F)c2)C1. The Bertz CT molecular complexity index is 587. The molecule has 0 radical (unpaired) electrons. The van der Waals surface area contributed by atoms with E-state index in [4.69, 9.17) is 5.11 Å². The molecule has 0 saturated heterocycles. The van der Waals surface area contributed by atoms with Crippen molar-refractivity contribution in [3.05, 3.63) is 30.1 Å². The monoisotopic (exact) mass is 287 g/mol. The lowest BCUT2D eigenvalue weighted by molar-refractivity contribution is -0.141. The van der Waals surface area contributed by atoms with E-state index in [9.17, 15) is 17.6 Å². The Kier molecular flexibility index (Phi) is 3.86. The van der Waals surface area contributed by atoms with Crippen molar-refractivity contribution < 1.29 is 22.7 Å². The van der Waals surface area contributed by atoms with E-state index in [2.05, 4.69) is 4.72 Å². The Morgan fingerprint density at radius 3 is 2.68 bits per heavy atom. The van der Waals surface area contributed by atoms with Gasteiger partial charge in [0.25, 0.3) is 0 Å². The van der Waals surface area contributed by atoms with E-state index in [0.717, 1.165) is 12.1 Å². The standard InChI is InChI=1S/C12H14FNO4S/c13-9-2-1-3-11(7-9)19(17,18)14-10-5-4-8(6-10)12(15)16/h1-3,7-8,10,14H,4-6H2,(H,15,16). The molecule has 2 atom stereocenters. The van der Waals surface area contributed by atoms with Crippen molar-refractivity contribution in [3.8, 4) is 0 Å². The molecule has 2 unspecified atom stereocenters.